The van der Waals surface area contributed by atoms with E-state index >= 15 is 0 Å². The van der Waals surface area contributed by atoms with E-state index in [0.29, 0.717) is 37.1 Å². The van der Waals surface area contributed by atoms with Crippen LogP contribution < -0.4 is 10.5 Å². The van der Waals surface area contributed by atoms with Crippen molar-refractivity contribution in [2.45, 2.75) is 25.6 Å². The fourth-order valence-electron chi connectivity index (χ4n) is 2.97. The van der Waals surface area contributed by atoms with E-state index in [0.717, 1.165) is 19.2 Å². The zero-order valence-corrected chi connectivity index (χ0v) is 13.6. The number of aromatic nitrogens is 4. The lowest BCUT2D eigenvalue weighted by molar-refractivity contribution is -0.141. The van der Waals surface area contributed by atoms with Crippen molar-refractivity contribution < 1.29 is 13.2 Å². The zero-order valence-electron chi connectivity index (χ0n) is 13.6. The maximum Gasteiger partial charge on any atom is 0.433 e. The predicted octanol–water partition coefficient (Wildman–Crippen LogP) is 1.84. The van der Waals surface area contributed by atoms with E-state index in [1.165, 1.54) is 10.8 Å². The molecule has 7 nitrogen and oxygen atoms in total. The van der Waals surface area contributed by atoms with Crippen LogP contribution in [0.3, 0.4) is 0 Å². The van der Waals surface area contributed by atoms with Crippen molar-refractivity contribution in [2.24, 2.45) is 5.92 Å². The van der Waals surface area contributed by atoms with Gasteiger partial charge in [0.25, 0.3) is 5.56 Å². The van der Waals surface area contributed by atoms with Gasteiger partial charge in [0.15, 0.2) is 11.5 Å². The van der Waals surface area contributed by atoms with E-state index in [1.54, 1.807) is 6.07 Å². The molecule has 3 heterocycles. The lowest BCUT2D eigenvalue weighted by Crippen LogP contribution is -2.37. The Morgan fingerprint density at radius 2 is 2.04 bits per heavy atom. The first-order valence-electron chi connectivity index (χ1n) is 7.99. The summed E-state index contributed by atoms with van der Waals surface area (Å²) in [6.07, 6.45) is -0.782. The van der Waals surface area contributed by atoms with E-state index in [9.17, 15) is 18.0 Å². The van der Waals surface area contributed by atoms with Crippen molar-refractivity contribution in [3.63, 3.8) is 0 Å². The molecule has 0 N–H and O–H groups in total. The molecule has 10 heteroatoms. The molecular weight excluding hydrogens is 349 g/mol. The molecule has 2 aromatic heterocycles. The highest BCUT2D eigenvalue weighted by molar-refractivity contribution is 5.52. The van der Waals surface area contributed by atoms with Crippen LogP contribution in [-0.2, 0) is 12.7 Å². The van der Waals surface area contributed by atoms with Crippen LogP contribution in [0.2, 0.25) is 0 Å². The summed E-state index contributed by atoms with van der Waals surface area (Å²) in [7, 11) is 0. The molecule has 0 saturated carbocycles. The number of nitriles is 1. The molecule has 26 heavy (non-hydrogen) atoms. The molecule has 1 aliphatic rings. The van der Waals surface area contributed by atoms with Crippen LogP contribution in [0.4, 0.5) is 19.0 Å². The molecule has 0 radical (unpaired) electrons. The predicted molar refractivity (Wildman–Crippen MR) is 85.2 cm³/mol. The second-order valence-corrected chi connectivity index (χ2v) is 6.07. The van der Waals surface area contributed by atoms with E-state index in [-0.39, 0.29) is 5.92 Å². The van der Waals surface area contributed by atoms with Crippen LogP contribution in [-0.4, -0.2) is 32.8 Å². The summed E-state index contributed by atoms with van der Waals surface area (Å²) in [4.78, 5) is 17.2. The molecule has 0 spiro atoms. The van der Waals surface area contributed by atoms with Gasteiger partial charge in [-0.1, -0.05) is 0 Å². The van der Waals surface area contributed by atoms with E-state index in [1.807, 2.05) is 4.90 Å². The Balaban J connectivity index is 1.65. The molecular formula is C16H15F3N6O. The second-order valence-electron chi connectivity index (χ2n) is 6.07. The normalized spacial score (nSPS) is 15.7. The standard InChI is InChI=1S/C16H15F3N6O/c17-16(18,19)13-7-14(26)25(10-21-13)9-11-2-5-24(6-3-11)15-12(8-20)1-4-22-23-15/h1,4,7,10-11H,2-3,5-6,9H2. The molecule has 1 saturated heterocycles. The summed E-state index contributed by atoms with van der Waals surface area (Å²) < 4.78 is 38.9. The molecule has 0 aromatic carbocycles. The van der Waals surface area contributed by atoms with Crippen molar-refractivity contribution in [2.75, 3.05) is 18.0 Å². The molecule has 0 atom stereocenters. The maximum absolute atomic E-state index is 12.6. The van der Waals surface area contributed by atoms with Crippen molar-refractivity contribution in [3.8, 4) is 6.07 Å². The topological polar surface area (TPSA) is 87.7 Å². The van der Waals surface area contributed by atoms with Crippen molar-refractivity contribution >= 4 is 5.82 Å². The third-order valence-electron chi connectivity index (χ3n) is 4.36. The monoisotopic (exact) mass is 364 g/mol. The van der Waals surface area contributed by atoms with Gasteiger partial charge >= 0.3 is 6.18 Å². The smallest absolute Gasteiger partial charge is 0.354 e. The summed E-state index contributed by atoms with van der Waals surface area (Å²) in [5, 5.41) is 17.0. The Morgan fingerprint density at radius 1 is 1.31 bits per heavy atom. The average molecular weight is 364 g/mol. The largest absolute Gasteiger partial charge is 0.433 e. The Hall–Kier alpha value is -2.96. The number of hydrogen-bond acceptors (Lipinski definition) is 6. The summed E-state index contributed by atoms with van der Waals surface area (Å²) in [6, 6.07) is 4.20. The minimum Gasteiger partial charge on any atom is -0.354 e. The first-order chi connectivity index (χ1) is 12.4. The molecule has 3 rings (SSSR count). The number of piperidine rings is 1. The molecule has 0 aliphatic carbocycles. The Labute approximate surface area is 146 Å². The van der Waals surface area contributed by atoms with Crippen LogP contribution in [0.1, 0.15) is 24.1 Å². The highest BCUT2D eigenvalue weighted by Crippen LogP contribution is 2.27. The van der Waals surface area contributed by atoms with Gasteiger partial charge in [0, 0.05) is 25.7 Å². The number of hydrogen-bond donors (Lipinski definition) is 0. The number of rotatable bonds is 3. The quantitative estimate of drug-likeness (QED) is 0.826. The van der Waals surface area contributed by atoms with Crippen molar-refractivity contribution in [1.29, 1.82) is 5.26 Å². The van der Waals surface area contributed by atoms with Gasteiger partial charge in [-0.2, -0.15) is 23.5 Å². The van der Waals surface area contributed by atoms with Gasteiger partial charge in [-0.3, -0.25) is 9.36 Å². The van der Waals surface area contributed by atoms with E-state index in [4.69, 9.17) is 5.26 Å². The number of alkyl halides is 3. The molecule has 2 aromatic rings. The number of halogens is 3. The summed E-state index contributed by atoms with van der Waals surface area (Å²) in [5.41, 5.74) is -1.45. The third kappa shape index (κ3) is 3.82. The van der Waals surface area contributed by atoms with Gasteiger partial charge in [0.05, 0.1) is 18.1 Å². The van der Waals surface area contributed by atoms with E-state index < -0.39 is 17.4 Å². The van der Waals surface area contributed by atoms with Crippen LogP contribution in [0.25, 0.3) is 0 Å². The van der Waals surface area contributed by atoms with Crippen LogP contribution in [0.5, 0.6) is 0 Å². The molecule has 1 fully saturated rings. The summed E-state index contributed by atoms with van der Waals surface area (Å²) >= 11 is 0. The van der Waals surface area contributed by atoms with Gasteiger partial charge < -0.3 is 4.90 Å². The molecule has 0 unspecified atom stereocenters. The van der Waals surface area contributed by atoms with Gasteiger partial charge in [-0.05, 0) is 24.8 Å². The molecule has 1 aliphatic heterocycles. The van der Waals surface area contributed by atoms with Crippen LogP contribution >= 0.6 is 0 Å². The third-order valence-corrected chi connectivity index (χ3v) is 4.36. The number of nitrogens with zero attached hydrogens (tertiary/aromatic N) is 6. The van der Waals surface area contributed by atoms with E-state index in [2.05, 4.69) is 21.3 Å². The minimum atomic E-state index is -4.63. The zero-order chi connectivity index (χ0) is 18.7. The molecule has 0 bridgehead atoms. The first kappa shape index (κ1) is 17.8. The fourth-order valence-corrected chi connectivity index (χ4v) is 2.97. The highest BCUT2D eigenvalue weighted by Gasteiger charge is 2.33. The van der Waals surface area contributed by atoms with Gasteiger partial charge in [0.1, 0.15) is 6.07 Å². The Morgan fingerprint density at radius 3 is 2.65 bits per heavy atom. The van der Waals surface area contributed by atoms with Gasteiger partial charge in [-0.25, -0.2) is 4.98 Å². The van der Waals surface area contributed by atoms with Gasteiger partial charge in [0.2, 0.25) is 0 Å². The minimum absolute atomic E-state index is 0.129. The molecule has 0 amide bonds. The van der Waals surface area contributed by atoms with Crippen LogP contribution in [0.15, 0.2) is 29.5 Å². The van der Waals surface area contributed by atoms with Gasteiger partial charge in [-0.15, -0.1) is 5.10 Å². The lowest BCUT2D eigenvalue weighted by atomic mass is 9.96. The maximum atomic E-state index is 12.6. The molecule has 136 valence electrons. The van der Waals surface area contributed by atoms with Crippen LogP contribution in [0, 0.1) is 17.2 Å². The number of anilines is 1. The average Bonchev–Trinajstić information content (AvgIpc) is 2.63. The first-order valence-corrected chi connectivity index (χ1v) is 7.99. The fraction of sp³-hybridized carbons (Fsp3) is 0.438. The summed E-state index contributed by atoms with van der Waals surface area (Å²) in [5.74, 6) is 0.659. The second kappa shape index (κ2) is 7.11. The van der Waals surface area contributed by atoms with Crippen molar-refractivity contribution in [1.82, 2.24) is 19.7 Å². The lowest BCUT2D eigenvalue weighted by Gasteiger charge is -2.33. The van der Waals surface area contributed by atoms with Crippen molar-refractivity contribution in [3.05, 3.63) is 46.3 Å². The highest BCUT2D eigenvalue weighted by atomic mass is 19.4. The summed E-state index contributed by atoms with van der Waals surface area (Å²) in [6.45, 7) is 1.56. The SMILES string of the molecule is N#Cc1ccnnc1N1CCC(Cn2cnc(C(F)(F)F)cc2=O)CC1. The Kier molecular flexibility index (Phi) is 4.88. The Bertz CT molecular complexity index is 881.